The topological polar surface area (TPSA) is 55.8 Å². The van der Waals surface area contributed by atoms with Gasteiger partial charge in [0.2, 0.25) is 6.10 Å². The molecule has 1 saturated heterocycles. The molecule has 146 valence electrons. The predicted molar refractivity (Wildman–Crippen MR) is 110 cm³/mol. The molecule has 0 unspecified atom stereocenters. The maximum absolute atomic E-state index is 12.9. The van der Waals surface area contributed by atoms with Crippen LogP contribution in [0.3, 0.4) is 0 Å². The Bertz CT molecular complexity index is 814. The summed E-state index contributed by atoms with van der Waals surface area (Å²) in [5, 5.41) is 0. The molecule has 1 amide bonds. The van der Waals surface area contributed by atoms with Gasteiger partial charge >= 0.3 is 5.97 Å². The van der Waals surface area contributed by atoms with Crippen molar-refractivity contribution in [3.63, 3.8) is 0 Å². The van der Waals surface area contributed by atoms with Crippen LogP contribution in [0.4, 0.5) is 0 Å². The Morgan fingerprint density at radius 2 is 1.75 bits per heavy atom. The largest absolute Gasteiger partial charge is 0.444 e. The SMILES string of the molecule is CSc1ccc(/C=C/C(=O)O[C@@H](C(=O)N2CCOCC2)c2ccccc2)cc1. The van der Waals surface area contributed by atoms with Gasteiger partial charge in [0.1, 0.15) is 0 Å². The van der Waals surface area contributed by atoms with Gasteiger partial charge in [0.15, 0.2) is 0 Å². The Kier molecular flexibility index (Phi) is 7.28. The number of amides is 1. The van der Waals surface area contributed by atoms with Crippen LogP contribution in [0.25, 0.3) is 6.08 Å². The van der Waals surface area contributed by atoms with E-state index in [2.05, 4.69) is 0 Å². The molecule has 2 aromatic carbocycles. The molecule has 28 heavy (non-hydrogen) atoms. The van der Waals surface area contributed by atoms with Crippen LogP contribution < -0.4 is 0 Å². The summed E-state index contributed by atoms with van der Waals surface area (Å²) in [7, 11) is 0. The fourth-order valence-electron chi connectivity index (χ4n) is 2.87. The summed E-state index contributed by atoms with van der Waals surface area (Å²) in [6.07, 6.45) is 4.09. The lowest BCUT2D eigenvalue weighted by atomic mass is 10.1. The van der Waals surface area contributed by atoms with Gasteiger partial charge in [-0.3, -0.25) is 4.79 Å². The molecule has 1 atom stereocenters. The molecule has 0 aliphatic carbocycles. The summed E-state index contributed by atoms with van der Waals surface area (Å²) < 4.78 is 10.9. The van der Waals surface area contributed by atoms with E-state index in [1.54, 1.807) is 34.9 Å². The average Bonchev–Trinajstić information content (AvgIpc) is 2.77. The molecule has 1 aliphatic heterocycles. The van der Waals surface area contributed by atoms with Gasteiger partial charge in [-0.15, -0.1) is 11.8 Å². The van der Waals surface area contributed by atoms with Gasteiger partial charge in [0.25, 0.3) is 5.91 Å². The fourth-order valence-corrected chi connectivity index (χ4v) is 3.28. The van der Waals surface area contributed by atoms with Crippen LogP contribution in [0.5, 0.6) is 0 Å². The normalized spacial score (nSPS) is 15.4. The minimum absolute atomic E-state index is 0.222. The first-order valence-electron chi connectivity index (χ1n) is 9.11. The number of ether oxygens (including phenoxy) is 2. The van der Waals surface area contributed by atoms with E-state index < -0.39 is 12.1 Å². The number of carbonyl (C=O) groups excluding carboxylic acids is 2. The van der Waals surface area contributed by atoms with E-state index in [0.29, 0.717) is 31.9 Å². The second kappa shape index (κ2) is 10.1. The molecule has 0 radical (unpaired) electrons. The van der Waals surface area contributed by atoms with Crippen molar-refractivity contribution >= 4 is 29.7 Å². The molecule has 0 spiro atoms. The molecule has 2 aromatic rings. The highest BCUT2D eigenvalue weighted by atomic mass is 32.2. The van der Waals surface area contributed by atoms with Gasteiger partial charge in [-0.05, 0) is 30.0 Å². The van der Waals surface area contributed by atoms with Gasteiger partial charge in [0, 0.05) is 29.6 Å². The molecule has 3 rings (SSSR count). The summed E-state index contributed by atoms with van der Waals surface area (Å²) >= 11 is 1.66. The number of nitrogens with zero attached hydrogens (tertiary/aromatic N) is 1. The molecule has 6 heteroatoms. The molecule has 1 fully saturated rings. The molecule has 1 heterocycles. The number of rotatable bonds is 6. The molecule has 0 saturated carbocycles. The number of thioether (sulfide) groups is 1. The van der Waals surface area contributed by atoms with Crippen LogP contribution in [0.1, 0.15) is 17.2 Å². The van der Waals surface area contributed by atoms with E-state index in [4.69, 9.17) is 9.47 Å². The van der Waals surface area contributed by atoms with Crippen molar-refractivity contribution < 1.29 is 19.1 Å². The van der Waals surface area contributed by atoms with Crippen LogP contribution in [0, 0.1) is 0 Å². The quantitative estimate of drug-likeness (QED) is 0.424. The summed E-state index contributed by atoms with van der Waals surface area (Å²) in [4.78, 5) is 28.2. The number of hydrogen-bond donors (Lipinski definition) is 0. The predicted octanol–water partition coefficient (Wildman–Crippen LogP) is 3.57. The highest BCUT2D eigenvalue weighted by Gasteiger charge is 2.29. The maximum Gasteiger partial charge on any atom is 0.331 e. The average molecular weight is 397 g/mol. The fraction of sp³-hybridized carbons (Fsp3) is 0.273. The third-order valence-corrected chi connectivity index (χ3v) is 5.15. The zero-order valence-electron chi connectivity index (χ0n) is 15.7. The molecular formula is C22H23NO4S. The molecule has 1 aliphatic rings. The summed E-state index contributed by atoms with van der Waals surface area (Å²) in [6, 6.07) is 16.9. The van der Waals surface area contributed by atoms with Crippen molar-refractivity contribution in [2.24, 2.45) is 0 Å². The lowest BCUT2D eigenvalue weighted by Crippen LogP contribution is -2.44. The van der Waals surface area contributed by atoms with Gasteiger partial charge in [0.05, 0.1) is 13.2 Å². The Morgan fingerprint density at radius 3 is 2.39 bits per heavy atom. The Morgan fingerprint density at radius 1 is 1.07 bits per heavy atom. The monoisotopic (exact) mass is 397 g/mol. The smallest absolute Gasteiger partial charge is 0.331 e. The summed E-state index contributed by atoms with van der Waals surface area (Å²) in [5.41, 5.74) is 1.55. The third kappa shape index (κ3) is 5.47. The summed E-state index contributed by atoms with van der Waals surface area (Å²) in [5.74, 6) is -0.773. The van der Waals surface area contributed by atoms with Crippen LogP contribution in [0.15, 0.2) is 65.6 Å². The van der Waals surface area contributed by atoms with Crippen molar-refractivity contribution in [3.05, 3.63) is 71.8 Å². The van der Waals surface area contributed by atoms with Crippen molar-refractivity contribution in [2.75, 3.05) is 32.6 Å². The van der Waals surface area contributed by atoms with Crippen LogP contribution in [0.2, 0.25) is 0 Å². The van der Waals surface area contributed by atoms with E-state index in [1.165, 1.54) is 6.08 Å². The van der Waals surface area contributed by atoms with E-state index in [0.717, 1.165) is 10.5 Å². The van der Waals surface area contributed by atoms with Gasteiger partial charge < -0.3 is 14.4 Å². The van der Waals surface area contributed by atoms with Gasteiger partial charge in [-0.1, -0.05) is 42.5 Å². The second-order valence-electron chi connectivity index (χ2n) is 6.27. The first-order chi connectivity index (χ1) is 13.7. The van der Waals surface area contributed by atoms with Crippen molar-refractivity contribution in [3.8, 4) is 0 Å². The minimum Gasteiger partial charge on any atom is -0.444 e. The molecular weight excluding hydrogens is 374 g/mol. The van der Waals surface area contributed by atoms with Crippen LogP contribution in [-0.4, -0.2) is 49.3 Å². The standard InChI is InChI=1S/C22H23NO4S/c1-28-19-10-7-17(8-11-19)9-12-20(24)27-21(18-5-3-2-4-6-18)22(25)23-13-15-26-16-14-23/h2-12,21H,13-16H2,1H3/b12-9+/t21-/m1/s1. The number of carbonyl (C=O) groups is 2. The van der Waals surface area contributed by atoms with Gasteiger partial charge in [-0.2, -0.15) is 0 Å². The van der Waals surface area contributed by atoms with Crippen LogP contribution >= 0.6 is 11.8 Å². The Balaban J connectivity index is 1.71. The van der Waals surface area contributed by atoms with Crippen molar-refractivity contribution in [1.82, 2.24) is 4.90 Å². The van der Waals surface area contributed by atoms with Crippen molar-refractivity contribution in [2.45, 2.75) is 11.0 Å². The Labute approximate surface area is 169 Å². The molecule has 0 bridgehead atoms. The van der Waals surface area contributed by atoms with Gasteiger partial charge in [-0.25, -0.2) is 4.79 Å². The highest BCUT2D eigenvalue weighted by Crippen LogP contribution is 2.22. The van der Waals surface area contributed by atoms with Crippen molar-refractivity contribution in [1.29, 1.82) is 0 Å². The highest BCUT2D eigenvalue weighted by molar-refractivity contribution is 7.98. The summed E-state index contributed by atoms with van der Waals surface area (Å²) in [6.45, 7) is 1.98. The van der Waals surface area contributed by atoms with E-state index >= 15 is 0 Å². The zero-order chi connectivity index (χ0) is 19.8. The minimum atomic E-state index is -0.963. The molecule has 0 N–H and O–H groups in total. The number of benzene rings is 2. The maximum atomic E-state index is 12.9. The number of morpholine rings is 1. The van der Waals surface area contributed by atoms with Crippen LogP contribution in [-0.2, 0) is 19.1 Å². The second-order valence-corrected chi connectivity index (χ2v) is 7.15. The van der Waals surface area contributed by atoms with E-state index in [1.807, 2.05) is 48.7 Å². The lowest BCUT2D eigenvalue weighted by molar-refractivity contribution is -0.159. The number of esters is 1. The molecule has 0 aromatic heterocycles. The number of hydrogen-bond acceptors (Lipinski definition) is 5. The first-order valence-corrected chi connectivity index (χ1v) is 10.3. The molecule has 5 nitrogen and oxygen atoms in total. The lowest BCUT2D eigenvalue weighted by Gasteiger charge is -2.30. The Hall–Kier alpha value is -2.57. The first kappa shape index (κ1) is 20.2. The third-order valence-electron chi connectivity index (χ3n) is 4.41. The van der Waals surface area contributed by atoms with E-state index in [9.17, 15) is 9.59 Å². The van der Waals surface area contributed by atoms with E-state index in [-0.39, 0.29) is 5.91 Å². The zero-order valence-corrected chi connectivity index (χ0v) is 16.6.